The van der Waals surface area contributed by atoms with Crippen LogP contribution in [-0.4, -0.2) is 84.8 Å². The number of quaternary nitrogens is 2. The molecule has 0 aliphatic heterocycles. The first-order valence-corrected chi connectivity index (χ1v) is 10.5. The fourth-order valence-electron chi connectivity index (χ4n) is 3.96. The highest BCUT2D eigenvalue weighted by atomic mass is 16.3. The van der Waals surface area contributed by atoms with Crippen LogP contribution >= 0.6 is 0 Å². The van der Waals surface area contributed by atoms with E-state index in [1.54, 1.807) is 0 Å². The number of hydrogen-bond acceptors (Lipinski definition) is 2. The molecule has 0 unspecified atom stereocenters. The van der Waals surface area contributed by atoms with E-state index in [2.05, 4.69) is 27.7 Å². The van der Waals surface area contributed by atoms with Crippen molar-refractivity contribution in [2.75, 3.05) is 65.6 Å². The monoisotopic (exact) mass is 346 g/mol. The lowest BCUT2D eigenvalue weighted by molar-refractivity contribution is -0.925. The summed E-state index contributed by atoms with van der Waals surface area (Å²) in [5, 5.41) is 18.6. The van der Waals surface area contributed by atoms with E-state index in [4.69, 9.17) is 0 Å². The zero-order chi connectivity index (χ0) is 18.3. The molecule has 0 aromatic heterocycles. The normalized spacial score (nSPS) is 12.8. The lowest BCUT2D eigenvalue weighted by Crippen LogP contribution is -2.50. The van der Waals surface area contributed by atoms with Gasteiger partial charge in [0.15, 0.2) is 0 Å². The van der Waals surface area contributed by atoms with Crippen LogP contribution in [0.5, 0.6) is 0 Å². The summed E-state index contributed by atoms with van der Waals surface area (Å²) in [5.41, 5.74) is 0. The summed E-state index contributed by atoms with van der Waals surface area (Å²) in [4.78, 5) is 0. The van der Waals surface area contributed by atoms with Crippen LogP contribution < -0.4 is 0 Å². The summed E-state index contributed by atoms with van der Waals surface area (Å²) in [6.07, 6.45) is 7.90. The molecule has 24 heavy (non-hydrogen) atoms. The third-order valence-corrected chi connectivity index (χ3v) is 6.35. The summed E-state index contributed by atoms with van der Waals surface area (Å²) in [6, 6.07) is 0. The quantitative estimate of drug-likeness (QED) is 0.314. The van der Waals surface area contributed by atoms with Gasteiger partial charge in [-0.25, -0.2) is 0 Å². The second-order valence-electron chi connectivity index (χ2n) is 7.41. The summed E-state index contributed by atoms with van der Waals surface area (Å²) in [5.74, 6) is 0. The van der Waals surface area contributed by atoms with Crippen LogP contribution in [0.1, 0.15) is 66.2 Å². The molecule has 0 saturated heterocycles. The number of likely N-dealkylation sites (N-methyl/N-ethyl adjacent to an activating group) is 2. The summed E-state index contributed by atoms with van der Waals surface area (Å²) in [7, 11) is 0. The maximum absolute atomic E-state index is 9.28. The summed E-state index contributed by atoms with van der Waals surface area (Å²) < 4.78 is 2.15. The molecule has 0 aromatic carbocycles. The van der Waals surface area contributed by atoms with Crippen molar-refractivity contribution in [2.45, 2.75) is 66.2 Å². The molecular weight excluding hydrogens is 300 g/mol. The van der Waals surface area contributed by atoms with Crippen molar-refractivity contribution >= 4 is 0 Å². The molecule has 0 aliphatic rings. The van der Waals surface area contributed by atoms with Crippen molar-refractivity contribution in [3.05, 3.63) is 0 Å². The third-order valence-electron chi connectivity index (χ3n) is 6.35. The Hall–Kier alpha value is -0.160. The molecule has 4 nitrogen and oxygen atoms in total. The van der Waals surface area contributed by atoms with Gasteiger partial charge in [-0.15, -0.1) is 0 Å². The number of rotatable bonds is 17. The molecule has 0 amide bonds. The Labute approximate surface area is 151 Å². The van der Waals surface area contributed by atoms with Gasteiger partial charge in [0.2, 0.25) is 0 Å². The highest BCUT2D eigenvalue weighted by Gasteiger charge is 2.22. The molecule has 4 heteroatoms. The van der Waals surface area contributed by atoms with E-state index in [-0.39, 0.29) is 0 Å². The first-order chi connectivity index (χ1) is 11.6. The van der Waals surface area contributed by atoms with Crippen LogP contribution in [-0.2, 0) is 0 Å². The minimum atomic E-state index is 0.310. The molecule has 0 fully saturated rings. The molecule has 0 atom stereocenters. The molecule has 0 spiro atoms. The van der Waals surface area contributed by atoms with E-state index in [0.717, 1.165) is 48.2 Å². The van der Waals surface area contributed by atoms with Gasteiger partial charge in [0.05, 0.1) is 52.5 Å². The third kappa shape index (κ3) is 8.80. The van der Waals surface area contributed by atoms with Crippen molar-refractivity contribution in [1.29, 1.82) is 0 Å². The summed E-state index contributed by atoms with van der Waals surface area (Å²) >= 11 is 0. The van der Waals surface area contributed by atoms with E-state index in [9.17, 15) is 10.2 Å². The number of unbranched alkanes of at least 4 members (excludes halogenated alkanes) is 5. The Morgan fingerprint density at radius 3 is 1.00 bits per heavy atom. The summed E-state index contributed by atoms with van der Waals surface area (Å²) in [6.45, 7) is 18.4. The predicted molar refractivity (Wildman–Crippen MR) is 104 cm³/mol. The fourth-order valence-corrected chi connectivity index (χ4v) is 3.96. The molecule has 0 aliphatic carbocycles. The highest BCUT2D eigenvalue weighted by Crippen LogP contribution is 2.14. The van der Waals surface area contributed by atoms with Crippen molar-refractivity contribution in [3.8, 4) is 0 Å². The lowest BCUT2D eigenvalue weighted by Gasteiger charge is -2.36. The number of aliphatic hydroxyl groups excluding tert-OH is 2. The molecule has 2 N–H and O–H groups in total. The Morgan fingerprint density at radius 2 is 0.750 bits per heavy atom. The van der Waals surface area contributed by atoms with Gasteiger partial charge in [-0.1, -0.05) is 12.8 Å². The van der Waals surface area contributed by atoms with Gasteiger partial charge in [0.1, 0.15) is 13.1 Å². The molecule has 0 rings (SSSR count). The minimum Gasteiger partial charge on any atom is -0.391 e. The lowest BCUT2D eigenvalue weighted by atomic mass is 10.1. The fraction of sp³-hybridized carbons (Fsp3) is 1.00. The van der Waals surface area contributed by atoms with E-state index in [1.807, 2.05) is 0 Å². The molecular formula is C20H46N2O2+2. The second-order valence-corrected chi connectivity index (χ2v) is 7.41. The van der Waals surface area contributed by atoms with Gasteiger partial charge in [-0.05, 0) is 53.4 Å². The zero-order valence-corrected chi connectivity index (χ0v) is 17.1. The Balaban J connectivity index is 3.83. The SMILES string of the molecule is CC[N+](CC)(CCO)CCCCCCCC[N+](CC)(CC)CCO. The molecule has 0 bridgehead atoms. The average Bonchev–Trinajstić information content (AvgIpc) is 2.62. The van der Waals surface area contributed by atoms with E-state index >= 15 is 0 Å². The molecule has 146 valence electrons. The van der Waals surface area contributed by atoms with Crippen LogP contribution in [0.25, 0.3) is 0 Å². The Kier molecular flexibility index (Phi) is 14.0. The van der Waals surface area contributed by atoms with E-state index in [0.29, 0.717) is 13.2 Å². The minimum absolute atomic E-state index is 0.310. The molecule has 0 aromatic rings. The van der Waals surface area contributed by atoms with Gasteiger partial charge in [0, 0.05) is 0 Å². The van der Waals surface area contributed by atoms with Crippen molar-refractivity contribution in [2.24, 2.45) is 0 Å². The number of hydrogen-bond donors (Lipinski definition) is 2. The first kappa shape index (κ1) is 23.8. The average molecular weight is 347 g/mol. The van der Waals surface area contributed by atoms with E-state index in [1.165, 1.54) is 51.6 Å². The van der Waals surface area contributed by atoms with Crippen LogP contribution in [0.15, 0.2) is 0 Å². The molecule has 0 radical (unpaired) electrons. The number of nitrogens with zero attached hydrogens (tertiary/aromatic N) is 2. The maximum Gasteiger partial charge on any atom is 0.102 e. The Bertz CT molecular complexity index is 249. The van der Waals surface area contributed by atoms with E-state index < -0.39 is 0 Å². The second kappa shape index (κ2) is 14.1. The van der Waals surface area contributed by atoms with Gasteiger partial charge < -0.3 is 19.2 Å². The molecule has 0 saturated carbocycles. The van der Waals surface area contributed by atoms with Crippen LogP contribution in [0, 0.1) is 0 Å². The van der Waals surface area contributed by atoms with Gasteiger partial charge in [-0.3, -0.25) is 0 Å². The van der Waals surface area contributed by atoms with Crippen molar-refractivity contribution in [1.82, 2.24) is 0 Å². The van der Waals surface area contributed by atoms with Gasteiger partial charge >= 0.3 is 0 Å². The smallest absolute Gasteiger partial charge is 0.102 e. The van der Waals surface area contributed by atoms with Crippen LogP contribution in [0.4, 0.5) is 0 Å². The van der Waals surface area contributed by atoms with Crippen molar-refractivity contribution < 1.29 is 19.2 Å². The highest BCUT2D eigenvalue weighted by molar-refractivity contribution is 4.49. The zero-order valence-electron chi connectivity index (χ0n) is 17.1. The maximum atomic E-state index is 9.28. The van der Waals surface area contributed by atoms with Gasteiger partial charge in [-0.2, -0.15) is 0 Å². The van der Waals surface area contributed by atoms with Crippen molar-refractivity contribution in [3.63, 3.8) is 0 Å². The number of aliphatic hydroxyl groups is 2. The van der Waals surface area contributed by atoms with Crippen LogP contribution in [0.3, 0.4) is 0 Å². The first-order valence-electron chi connectivity index (χ1n) is 10.5. The topological polar surface area (TPSA) is 40.5 Å². The largest absolute Gasteiger partial charge is 0.391 e. The van der Waals surface area contributed by atoms with Crippen LogP contribution in [0.2, 0.25) is 0 Å². The standard InChI is InChI=1S/C20H46N2O2/c1-5-21(6-2,17-19-23)15-13-11-9-10-12-14-16-22(7-3,8-4)18-20-24/h23-24H,5-20H2,1-4H3/q+2. The van der Waals surface area contributed by atoms with Gasteiger partial charge in [0.25, 0.3) is 0 Å². The Morgan fingerprint density at radius 1 is 0.458 bits per heavy atom. The molecule has 0 heterocycles. The predicted octanol–water partition coefficient (Wildman–Crippen LogP) is 3.02.